The van der Waals surface area contributed by atoms with Crippen LogP contribution in [0.5, 0.6) is 11.5 Å². The molecule has 2 atom stereocenters. The maximum absolute atomic E-state index is 13.2. The molecule has 0 aromatic heterocycles. The van der Waals surface area contributed by atoms with Gasteiger partial charge < -0.3 is 14.2 Å². The van der Waals surface area contributed by atoms with Crippen LogP contribution in [0.4, 0.5) is 0 Å². The third-order valence-corrected chi connectivity index (χ3v) is 6.33. The van der Waals surface area contributed by atoms with Crippen molar-refractivity contribution in [3.8, 4) is 11.5 Å². The molecule has 0 unspecified atom stereocenters. The van der Waals surface area contributed by atoms with Crippen molar-refractivity contribution in [2.75, 3.05) is 20.8 Å². The number of methoxy groups -OCH3 is 2. The summed E-state index contributed by atoms with van der Waals surface area (Å²) in [6.07, 6.45) is 0.684. The van der Waals surface area contributed by atoms with Gasteiger partial charge in [-0.25, -0.2) is 9.79 Å². The minimum absolute atomic E-state index is 0.0531. The number of ether oxygens (including phenoxy) is 3. The first-order valence-corrected chi connectivity index (χ1v) is 10.9. The Kier molecular flexibility index (Phi) is 6.75. The molecule has 3 rings (SSSR count). The number of carbonyl (C=O) groups is 2. The van der Waals surface area contributed by atoms with Gasteiger partial charge >= 0.3 is 5.97 Å². The zero-order chi connectivity index (χ0) is 22.0. The summed E-state index contributed by atoms with van der Waals surface area (Å²) in [5, 5.41) is 0.398. The second-order valence-electron chi connectivity index (χ2n) is 7.63. The number of amidine groups is 1. The van der Waals surface area contributed by atoms with Crippen LogP contribution >= 0.6 is 11.8 Å². The zero-order valence-corrected chi connectivity index (χ0v) is 19.0. The van der Waals surface area contributed by atoms with Gasteiger partial charge in [-0.05, 0) is 37.0 Å². The van der Waals surface area contributed by atoms with Gasteiger partial charge in [0, 0.05) is 0 Å². The van der Waals surface area contributed by atoms with E-state index in [1.807, 2.05) is 26.8 Å². The molecule has 30 heavy (non-hydrogen) atoms. The van der Waals surface area contributed by atoms with E-state index in [9.17, 15) is 9.59 Å². The topological polar surface area (TPSA) is 77.4 Å². The molecule has 0 saturated carbocycles. The predicted octanol–water partition coefficient (Wildman–Crippen LogP) is 3.94. The van der Waals surface area contributed by atoms with Gasteiger partial charge in [0.1, 0.15) is 0 Å². The van der Waals surface area contributed by atoms with Crippen LogP contribution < -0.4 is 9.47 Å². The summed E-state index contributed by atoms with van der Waals surface area (Å²) in [6.45, 7) is 8.01. The number of thioether (sulfide) groups is 1. The first-order valence-electron chi connectivity index (χ1n) is 10.0. The molecule has 7 nitrogen and oxygen atoms in total. The molecule has 1 saturated heterocycles. The minimum atomic E-state index is -0.631. The first-order chi connectivity index (χ1) is 14.3. The second-order valence-corrected chi connectivity index (χ2v) is 8.80. The molecule has 1 aromatic rings. The van der Waals surface area contributed by atoms with Crippen LogP contribution in [0.15, 0.2) is 34.5 Å². The van der Waals surface area contributed by atoms with Crippen molar-refractivity contribution in [2.24, 2.45) is 10.9 Å². The van der Waals surface area contributed by atoms with E-state index in [4.69, 9.17) is 14.2 Å². The van der Waals surface area contributed by atoms with Crippen LogP contribution in [0.1, 0.15) is 45.7 Å². The molecule has 0 spiro atoms. The van der Waals surface area contributed by atoms with Crippen LogP contribution in [0, 0.1) is 5.92 Å². The largest absolute Gasteiger partial charge is 0.493 e. The van der Waals surface area contributed by atoms with Crippen LogP contribution in [0.2, 0.25) is 0 Å². The summed E-state index contributed by atoms with van der Waals surface area (Å²) in [5.74, 6) is 0.789. The van der Waals surface area contributed by atoms with Crippen molar-refractivity contribution < 1.29 is 23.8 Å². The molecule has 0 N–H and O–H groups in total. The van der Waals surface area contributed by atoms with E-state index < -0.39 is 12.0 Å². The fourth-order valence-electron chi connectivity index (χ4n) is 3.51. The van der Waals surface area contributed by atoms with Crippen molar-refractivity contribution in [2.45, 2.75) is 45.4 Å². The summed E-state index contributed by atoms with van der Waals surface area (Å²) in [6, 6.07) is 4.78. The lowest BCUT2D eigenvalue weighted by atomic mass is 9.93. The highest BCUT2D eigenvalue weighted by Crippen LogP contribution is 2.45. The number of fused-ring (bicyclic) bond motifs is 1. The Morgan fingerprint density at radius 2 is 1.93 bits per heavy atom. The number of allylic oxidation sites excluding steroid dienone is 1. The number of benzene rings is 1. The van der Waals surface area contributed by atoms with E-state index in [0.717, 1.165) is 5.56 Å². The van der Waals surface area contributed by atoms with Crippen molar-refractivity contribution in [3.63, 3.8) is 0 Å². The molecule has 0 bridgehead atoms. The van der Waals surface area contributed by atoms with Crippen molar-refractivity contribution in [3.05, 3.63) is 35.0 Å². The lowest BCUT2D eigenvalue weighted by molar-refractivity contribution is -0.141. The number of rotatable bonds is 7. The quantitative estimate of drug-likeness (QED) is 0.608. The van der Waals surface area contributed by atoms with Gasteiger partial charge in [-0.1, -0.05) is 38.6 Å². The number of carbonyl (C=O) groups excluding carboxylic acids is 2. The smallest absolute Gasteiger partial charge is 0.338 e. The summed E-state index contributed by atoms with van der Waals surface area (Å²) in [5.41, 5.74) is 1.67. The van der Waals surface area contributed by atoms with E-state index in [1.54, 1.807) is 38.2 Å². The Balaban J connectivity index is 2.11. The molecular weight excluding hydrogens is 404 g/mol. The van der Waals surface area contributed by atoms with Crippen LogP contribution in [-0.2, 0) is 14.3 Å². The number of amides is 1. The monoisotopic (exact) mass is 432 g/mol. The van der Waals surface area contributed by atoms with Gasteiger partial charge in [0.05, 0.1) is 43.4 Å². The van der Waals surface area contributed by atoms with Gasteiger partial charge in [0.25, 0.3) is 0 Å². The summed E-state index contributed by atoms with van der Waals surface area (Å²) >= 11 is 1.44. The highest BCUT2D eigenvalue weighted by Gasteiger charge is 2.47. The highest BCUT2D eigenvalue weighted by atomic mass is 32.2. The second kappa shape index (κ2) is 9.12. The summed E-state index contributed by atoms with van der Waals surface area (Å²) in [7, 11) is 3.12. The van der Waals surface area contributed by atoms with E-state index in [-0.39, 0.29) is 17.1 Å². The van der Waals surface area contributed by atoms with Crippen LogP contribution in [0.25, 0.3) is 0 Å². The van der Waals surface area contributed by atoms with Crippen LogP contribution in [0.3, 0.4) is 0 Å². The molecule has 1 fully saturated rings. The Hall–Kier alpha value is -2.48. The minimum Gasteiger partial charge on any atom is -0.493 e. The summed E-state index contributed by atoms with van der Waals surface area (Å²) in [4.78, 5) is 32.4. The van der Waals surface area contributed by atoms with E-state index in [2.05, 4.69) is 4.99 Å². The third kappa shape index (κ3) is 4.05. The molecule has 162 valence electrons. The molecule has 8 heteroatoms. The Morgan fingerprint density at radius 3 is 2.53 bits per heavy atom. The Labute approximate surface area is 181 Å². The average Bonchev–Trinajstić information content (AvgIpc) is 3.05. The highest BCUT2D eigenvalue weighted by molar-refractivity contribution is 8.15. The predicted molar refractivity (Wildman–Crippen MR) is 117 cm³/mol. The molecule has 0 aliphatic carbocycles. The molecule has 1 aromatic carbocycles. The van der Waals surface area contributed by atoms with Gasteiger partial charge in [0.2, 0.25) is 5.91 Å². The standard InChI is InChI=1S/C22H28N2O5S/c1-7-17-20(25)24-19(14-8-9-15(27-5)16(10-14)28-6)18(13(4)23-22(24)30-17)21(26)29-11-12(2)3/h8-10,12,17,19H,7,11H2,1-6H3/t17-,19-/m1/s1. The fourth-order valence-corrected chi connectivity index (χ4v) is 4.64. The van der Waals surface area contributed by atoms with Crippen LogP contribution in [-0.4, -0.2) is 48.0 Å². The lowest BCUT2D eigenvalue weighted by Crippen LogP contribution is -2.41. The third-order valence-electron chi connectivity index (χ3n) is 5.01. The van der Waals surface area contributed by atoms with Crippen molar-refractivity contribution in [1.29, 1.82) is 0 Å². The van der Waals surface area contributed by atoms with Gasteiger partial charge in [0.15, 0.2) is 16.7 Å². The molecule has 2 aliphatic heterocycles. The molecule has 2 heterocycles. The molecule has 1 amide bonds. The maximum Gasteiger partial charge on any atom is 0.338 e. The first kappa shape index (κ1) is 22.2. The number of hydrogen-bond acceptors (Lipinski definition) is 7. The maximum atomic E-state index is 13.2. The van der Waals surface area contributed by atoms with E-state index in [1.165, 1.54) is 11.8 Å². The SMILES string of the molecule is CC[C@H]1SC2=NC(C)=C(C(=O)OCC(C)C)[C@@H](c3ccc(OC)c(OC)c3)N2C1=O. The van der Waals surface area contributed by atoms with Crippen molar-refractivity contribution >= 4 is 28.8 Å². The normalized spacial score (nSPS) is 21.0. The average molecular weight is 433 g/mol. The number of aliphatic imine (C=N–C) groups is 1. The van der Waals surface area contributed by atoms with E-state index in [0.29, 0.717) is 41.0 Å². The van der Waals surface area contributed by atoms with Gasteiger partial charge in [-0.3, -0.25) is 9.69 Å². The number of esters is 1. The Bertz CT molecular complexity index is 909. The zero-order valence-electron chi connectivity index (χ0n) is 18.2. The summed E-state index contributed by atoms with van der Waals surface area (Å²) < 4.78 is 16.3. The van der Waals surface area contributed by atoms with Crippen molar-refractivity contribution in [1.82, 2.24) is 4.90 Å². The van der Waals surface area contributed by atoms with Gasteiger partial charge in [-0.2, -0.15) is 0 Å². The van der Waals surface area contributed by atoms with Gasteiger partial charge in [-0.15, -0.1) is 0 Å². The Morgan fingerprint density at radius 1 is 1.23 bits per heavy atom. The fraction of sp³-hybridized carbons (Fsp3) is 0.500. The number of nitrogens with zero attached hydrogens (tertiary/aromatic N) is 2. The molecule has 0 radical (unpaired) electrons. The lowest BCUT2D eigenvalue weighted by Gasteiger charge is -2.33. The molecular formula is C22H28N2O5S. The number of hydrogen-bond donors (Lipinski definition) is 0. The van der Waals surface area contributed by atoms with E-state index >= 15 is 0 Å². The molecule has 2 aliphatic rings.